The molecule has 0 aliphatic carbocycles. The van der Waals surface area contributed by atoms with Crippen LogP contribution in [0, 0.1) is 0 Å². The van der Waals surface area contributed by atoms with Gasteiger partial charge in [-0.3, -0.25) is 4.79 Å². The molecule has 1 aromatic rings. The SMILES string of the molecule is COc1cc(NC(=O)COC(C)C)c(Br)cc1Br. The Morgan fingerprint density at radius 1 is 1.33 bits per heavy atom. The lowest BCUT2D eigenvalue weighted by Crippen LogP contribution is -2.20. The Hall–Kier alpha value is -0.590. The Morgan fingerprint density at radius 2 is 2.00 bits per heavy atom. The Bertz CT molecular complexity index is 436. The normalized spacial score (nSPS) is 10.6. The average Bonchev–Trinajstić information content (AvgIpc) is 2.30. The number of anilines is 1. The van der Waals surface area contributed by atoms with Gasteiger partial charge in [-0.2, -0.15) is 0 Å². The van der Waals surface area contributed by atoms with E-state index < -0.39 is 0 Å². The van der Waals surface area contributed by atoms with Crippen LogP contribution in [-0.2, 0) is 9.53 Å². The number of benzene rings is 1. The van der Waals surface area contributed by atoms with E-state index >= 15 is 0 Å². The van der Waals surface area contributed by atoms with E-state index in [2.05, 4.69) is 37.2 Å². The molecule has 0 aliphatic heterocycles. The predicted molar refractivity (Wildman–Crippen MR) is 78.1 cm³/mol. The van der Waals surface area contributed by atoms with Crippen LogP contribution in [0.4, 0.5) is 5.69 Å². The summed E-state index contributed by atoms with van der Waals surface area (Å²) in [6, 6.07) is 3.55. The molecule has 1 amide bonds. The number of amides is 1. The lowest BCUT2D eigenvalue weighted by Gasteiger charge is -2.12. The molecule has 0 heterocycles. The van der Waals surface area contributed by atoms with Crippen LogP contribution in [0.15, 0.2) is 21.1 Å². The minimum Gasteiger partial charge on any atom is -0.495 e. The number of nitrogens with one attached hydrogen (secondary N) is 1. The molecule has 6 heteroatoms. The van der Waals surface area contributed by atoms with Crippen molar-refractivity contribution in [1.29, 1.82) is 0 Å². The van der Waals surface area contributed by atoms with E-state index in [-0.39, 0.29) is 18.6 Å². The quantitative estimate of drug-likeness (QED) is 0.849. The van der Waals surface area contributed by atoms with Gasteiger partial charge in [0.05, 0.1) is 23.4 Å². The summed E-state index contributed by atoms with van der Waals surface area (Å²) in [6.07, 6.45) is 0.0265. The Kier molecular flexibility index (Phi) is 6.11. The van der Waals surface area contributed by atoms with E-state index in [0.29, 0.717) is 11.4 Å². The molecule has 4 nitrogen and oxygen atoms in total. The average molecular weight is 381 g/mol. The zero-order valence-corrected chi connectivity index (χ0v) is 13.6. The molecular formula is C12H15Br2NO3. The summed E-state index contributed by atoms with van der Waals surface area (Å²) in [6.45, 7) is 3.79. The van der Waals surface area contributed by atoms with Crippen LogP contribution in [0.1, 0.15) is 13.8 Å². The Labute approximate surface area is 123 Å². The van der Waals surface area contributed by atoms with Crippen molar-refractivity contribution in [2.75, 3.05) is 19.0 Å². The van der Waals surface area contributed by atoms with Crippen LogP contribution >= 0.6 is 31.9 Å². The summed E-state index contributed by atoms with van der Waals surface area (Å²) in [7, 11) is 1.57. The van der Waals surface area contributed by atoms with Gasteiger partial charge in [0.15, 0.2) is 0 Å². The van der Waals surface area contributed by atoms with Gasteiger partial charge >= 0.3 is 0 Å². The number of methoxy groups -OCH3 is 1. The van der Waals surface area contributed by atoms with Crippen molar-refractivity contribution in [3.05, 3.63) is 21.1 Å². The highest BCUT2D eigenvalue weighted by molar-refractivity contribution is 9.11. The van der Waals surface area contributed by atoms with Gasteiger partial charge in [0, 0.05) is 10.5 Å². The first-order chi connectivity index (χ1) is 8.43. The third-order valence-electron chi connectivity index (χ3n) is 2.06. The van der Waals surface area contributed by atoms with Gasteiger partial charge < -0.3 is 14.8 Å². The molecule has 1 rings (SSSR count). The van der Waals surface area contributed by atoms with Gasteiger partial charge in [0.25, 0.3) is 0 Å². The first-order valence-electron chi connectivity index (χ1n) is 5.38. The van der Waals surface area contributed by atoms with Crippen LogP contribution in [-0.4, -0.2) is 25.7 Å². The third kappa shape index (κ3) is 4.59. The van der Waals surface area contributed by atoms with E-state index in [1.165, 1.54) is 0 Å². The van der Waals surface area contributed by atoms with Crippen molar-refractivity contribution in [3.8, 4) is 5.75 Å². The predicted octanol–water partition coefficient (Wildman–Crippen LogP) is 3.58. The number of halogens is 2. The topological polar surface area (TPSA) is 47.6 Å². The van der Waals surface area contributed by atoms with E-state index in [1.807, 2.05) is 19.9 Å². The fourth-order valence-electron chi connectivity index (χ4n) is 1.21. The van der Waals surface area contributed by atoms with E-state index in [4.69, 9.17) is 9.47 Å². The van der Waals surface area contributed by atoms with Crippen molar-refractivity contribution in [1.82, 2.24) is 0 Å². The van der Waals surface area contributed by atoms with Crippen LogP contribution in [0.5, 0.6) is 5.75 Å². The highest BCUT2D eigenvalue weighted by atomic mass is 79.9. The van der Waals surface area contributed by atoms with Crippen molar-refractivity contribution in [3.63, 3.8) is 0 Å². The molecule has 1 N–H and O–H groups in total. The zero-order valence-electron chi connectivity index (χ0n) is 10.4. The van der Waals surface area contributed by atoms with Crippen molar-refractivity contribution >= 4 is 43.5 Å². The van der Waals surface area contributed by atoms with Crippen molar-refractivity contribution in [2.24, 2.45) is 0 Å². The van der Waals surface area contributed by atoms with Crippen molar-refractivity contribution < 1.29 is 14.3 Å². The molecule has 1 aromatic carbocycles. The van der Waals surface area contributed by atoms with Crippen molar-refractivity contribution in [2.45, 2.75) is 20.0 Å². The molecule has 18 heavy (non-hydrogen) atoms. The van der Waals surface area contributed by atoms with Crippen LogP contribution in [0.25, 0.3) is 0 Å². The molecular weight excluding hydrogens is 366 g/mol. The largest absolute Gasteiger partial charge is 0.495 e. The Balaban J connectivity index is 2.75. The summed E-state index contributed by atoms with van der Waals surface area (Å²) < 4.78 is 12.0. The van der Waals surface area contributed by atoms with Gasteiger partial charge in [-0.15, -0.1) is 0 Å². The molecule has 0 bridgehead atoms. The maximum atomic E-state index is 11.6. The molecule has 0 saturated heterocycles. The molecule has 0 aliphatic rings. The Morgan fingerprint density at radius 3 is 2.56 bits per heavy atom. The minimum atomic E-state index is -0.200. The smallest absolute Gasteiger partial charge is 0.250 e. The summed E-state index contributed by atoms with van der Waals surface area (Å²) in [5.41, 5.74) is 0.646. The molecule has 0 fully saturated rings. The lowest BCUT2D eigenvalue weighted by molar-refractivity contribution is -0.121. The molecule has 0 radical (unpaired) electrons. The number of rotatable bonds is 5. The summed E-state index contributed by atoms with van der Waals surface area (Å²) in [5.74, 6) is 0.451. The van der Waals surface area contributed by atoms with Crippen LogP contribution < -0.4 is 10.1 Å². The maximum Gasteiger partial charge on any atom is 0.250 e. The van der Waals surface area contributed by atoms with Gasteiger partial charge in [0.2, 0.25) is 5.91 Å². The molecule has 100 valence electrons. The molecule has 0 atom stereocenters. The fraction of sp³-hybridized carbons (Fsp3) is 0.417. The number of carbonyl (C=O) groups excluding carboxylic acids is 1. The van der Waals surface area contributed by atoms with E-state index in [1.54, 1.807) is 13.2 Å². The van der Waals surface area contributed by atoms with Gasteiger partial charge in [0.1, 0.15) is 12.4 Å². The van der Waals surface area contributed by atoms with Crippen LogP contribution in [0.2, 0.25) is 0 Å². The minimum absolute atomic E-state index is 0.0265. The second-order valence-corrected chi connectivity index (χ2v) is 5.58. The number of ether oxygens (including phenoxy) is 2. The standard InChI is InChI=1S/C12H15Br2NO3/c1-7(2)18-6-12(16)15-10-5-11(17-3)9(14)4-8(10)13/h4-5,7H,6H2,1-3H3,(H,15,16). The van der Waals surface area contributed by atoms with Gasteiger partial charge in [-0.05, 0) is 51.8 Å². The second kappa shape index (κ2) is 7.11. The monoisotopic (exact) mass is 379 g/mol. The molecule has 0 spiro atoms. The maximum absolute atomic E-state index is 11.6. The number of hydrogen-bond donors (Lipinski definition) is 1. The van der Waals surface area contributed by atoms with E-state index in [0.717, 1.165) is 8.95 Å². The number of hydrogen-bond acceptors (Lipinski definition) is 3. The molecule has 0 saturated carbocycles. The van der Waals surface area contributed by atoms with E-state index in [9.17, 15) is 4.79 Å². The fourth-order valence-corrected chi connectivity index (χ4v) is 2.46. The third-order valence-corrected chi connectivity index (χ3v) is 3.34. The molecule has 0 aromatic heterocycles. The first kappa shape index (κ1) is 15.5. The second-order valence-electron chi connectivity index (χ2n) is 3.87. The first-order valence-corrected chi connectivity index (χ1v) is 6.97. The number of carbonyl (C=O) groups is 1. The summed E-state index contributed by atoms with van der Waals surface area (Å²) >= 11 is 6.74. The zero-order chi connectivity index (χ0) is 13.7. The lowest BCUT2D eigenvalue weighted by atomic mass is 10.3. The summed E-state index contributed by atoms with van der Waals surface area (Å²) in [5, 5.41) is 2.76. The van der Waals surface area contributed by atoms with Gasteiger partial charge in [-0.1, -0.05) is 0 Å². The highest BCUT2D eigenvalue weighted by Crippen LogP contribution is 2.34. The van der Waals surface area contributed by atoms with Gasteiger partial charge in [-0.25, -0.2) is 0 Å². The van der Waals surface area contributed by atoms with Crippen LogP contribution in [0.3, 0.4) is 0 Å². The summed E-state index contributed by atoms with van der Waals surface area (Å²) in [4.78, 5) is 11.6. The molecule has 0 unspecified atom stereocenters. The highest BCUT2D eigenvalue weighted by Gasteiger charge is 2.10.